The Bertz CT molecular complexity index is 3030. The third-order valence-corrected chi connectivity index (χ3v) is 11.4. The third kappa shape index (κ3) is 8.16. The molecule has 9 aromatic rings. The Labute approximate surface area is 355 Å². The van der Waals surface area contributed by atoms with Crippen molar-refractivity contribution >= 4 is 113 Å². The van der Waals surface area contributed by atoms with E-state index in [1.807, 2.05) is 57.2 Å². The van der Waals surface area contributed by atoms with Crippen molar-refractivity contribution in [1.29, 1.82) is 0 Å². The quantitative estimate of drug-likeness (QED) is 0.171. The minimum Gasteiger partial charge on any atom is -0.436 e. The first-order valence-corrected chi connectivity index (χ1v) is 20.0. The van der Waals surface area contributed by atoms with Crippen molar-refractivity contribution in [2.75, 3.05) is 10.6 Å². The highest BCUT2D eigenvalue weighted by atomic mass is 35.5. The first-order chi connectivity index (χ1) is 27.9. The molecule has 0 unspecified atom stereocenters. The summed E-state index contributed by atoms with van der Waals surface area (Å²) in [5.74, 6) is 0.161. The molecule has 0 atom stereocenters. The average molecular weight is 866 g/mol. The lowest BCUT2D eigenvalue weighted by molar-refractivity contribution is 0.101. The van der Waals surface area contributed by atoms with Crippen LogP contribution in [0.2, 0.25) is 20.1 Å². The van der Waals surface area contributed by atoms with E-state index in [0.29, 0.717) is 82.0 Å². The smallest absolute Gasteiger partial charge is 0.255 e. The van der Waals surface area contributed by atoms with Gasteiger partial charge in [0.2, 0.25) is 11.8 Å². The molecule has 0 bridgehead atoms. The number of aromatic nitrogens is 3. The fraction of sp³-hybridized carbons (Fsp3) is 0.0682. The molecule has 0 aliphatic rings. The van der Waals surface area contributed by atoms with Gasteiger partial charge in [0.05, 0.1) is 46.4 Å². The topological polar surface area (TPSA) is 123 Å². The number of amides is 2. The van der Waals surface area contributed by atoms with Crippen molar-refractivity contribution in [2.24, 2.45) is 0 Å². The lowest BCUT2D eigenvalue weighted by Gasteiger charge is -2.07. The van der Waals surface area contributed by atoms with Crippen molar-refractivity contribution in [3.8, 4) is 22.9 Å². The van der Waals surface area contributed by atoms with Gasteiger partial charge in [-0.1, -0.05) is 64.6 Å². The van der Waals surface area contributed by atoms with Crippen molar-refractivity contribution in [3.63, 3.8) is 0 Å². The SMILES string of the molecule is Cc1ccc(NC(=O)c2ccc3oc(-c4c(Cl)cccc4Cl)nc3c2)cc1C.Cc1nc2cc(NC(=O)c3ccc4oc(-c5c(Cl)cccc5Cl)nc4c3)ccc2s1. The van der Waals surface area contributed by atoms with Crippen LogP contribution in [0.25, 0.3) is 55.3 Å². The summed E-state index contributed by atoms with van der Waals surface area (Å²) in [6.07, 6.45) is 0. The van der Waals surface area contributed by atoms with Crippen molar-refractivity contribution in [2.45, 2.75) is 20.8 Å². The normalized spacial score (nSPS) is 11.2. The molecule has 9 rings (SSSR count). The summed E-state index contributed by atoms with van der Waals surface area (Å²) in [6.45, 7) is 6.00. The fourth-order valence-corrected chi connectivity index (χ4v) is 8.03. The van der Waals surface area contributed by atoms with Gasteiger partial charge in [0.15, 0.2) is 11.2 Å². The van der Waals surface area contributed by atoms with E-state index in [9.17, 15) is 9.59 Å². The maximum absolute atomic E-state index is 12.8. The summed E-state index contributed by atoms with van der Waals surface area (Å²) in [4.78, 5) is 38.8. The predicted molar refractivity (Wildman–Crippen MR) is 235 cm³/mol. The Kier molecular flexibility index (Phi) is 11.0. The Morgan fingerprint density at radius 3 is 1.52 bits per heavy atom. The minimum absolute atomic E-state index is 0.217. The fourth-order valence-electron chi connectivity index (χ4n) is 6.10. The molecule has 0 spiro atoms. The molecule has 2 N–H and O–H groups in total. The molecule has 0 radical (unpaired) electrons. The van der Waals surface area contributed by atoms with Gasteiger partial charge in [-0.15, -0.1) is 11.3 Å². The third-order valence-electron chi connectivity index (χ3n) is 9.17. The summed E-state index contributed by atoms with van der Waals surface area (Å²) < 4.78 is 12.7. The molecule has 288 valence electrons. The number of carbonyl (C=O) groups is 2. The van der Waals surface area contributed by atoms with Crippen LogP contribution in [0.5, 0.6) is 0 Å². The highest BCUT2D eigenvalue weighted by Gasteiger charge is 2.19. The van der Waals surface area contributed by atoms with E-state index >= 15 is 0 Å². The molecule has 0 aliphatic heterocycles. The lowest BCUT2D eigenvalue weighted by atomic mass is 10.1. The van der Waals surface area contributed by atoms with Gasteiger partial charge in [0, 0.05) is 22.5 Å². The monoisotopic (exact) mass is 863 g/mol. The first kappa shape index (κ1) is 39.1. The second kappa shape index (κ2) is 16.2. The van der Waals surface area contributed by atoms with E-state index in [1.54, 1.807) is 84.1 Å². The summed E-state index contributed by atoms with van der Waals surface area (Å²) in [7, 11) is 0. The minimum atomic E-state index is -0.247. The molecule has 6 aromatic carbocycles. The summed E-state index contributed by atoms with van der Waals surface area (Å²) in [6, 6.07) is 32.0. The Morgan fingerprint density at radius 1 is 0.534 bits per heavy atom. The number of oxazole rings is 2. The van der Waals surface area contributed by atoms with Crippen LogP contribution in [-0.2, 0) is 0 Å². The van der Waals surface area contributed by atoms with Crippen LogP contribution in [-0.4, -0.2) is 26.8 Å². The number of nitrogens with one attached hydrogen (secondary N) is 2. The Morgan fingerprint density at radius 2 is 1.02 bits per heavy atom. The second-order valence-corrected chi connectivity index (χ2v) is 16.1. The van der Waals surface area contributed by atoms with Crippen molar-refractivity contribution in [3.05, 3.63) is 157 Å². The molecule has 0 fully saturated rings. The number of thiazole rings is 1. The molecule has 0 aliphatic carbocycles. The van der Waals surface area contributed by atoms with Gasteiger partial charge >= 0.3 is 0 Å². The maximum Gasteiger partial charge on any atom is 0.255 e. The lowest BCUT2D eigenvalue weighted by Crippen LogP contribution is -2.11. The van der Waals surface area contributed by atoms with Gasteiger partial charge in [-0.05, 0) is 123 Å². The first-order valence-electron chi connectivity index (χ1n) is 17.7. The van der Waals surface area contributed by atoms with E-state index in [4.69, 9.17) is 55.2 Å². The molecule has 3 heterocycles. The van der Waals surface area contributed by atoms with E-state index in [2.05, 4.69) is 25.6 Å². The van der Waals surface area contributed by atoms with E-state index < -0.39 is 0 Å². The molecule has 58 heavy (non-hydrogen) atoms. The molecule has 0 saturated carbocycles. The Balaban J connectivity index is 0.000000162. The molecule has 9 nitrogen and oxygen atoms in total. The van der Waals surface area contributed by atoms with Crippen LogP contribution in [0.15, 0.2) is 118 Å². The van der Waals surface area contributed by atoms with Crippen LogP contribution < -0.4 is 10.6 Å². The number of carbonyl (C=O) groups excluding carboxylic acids is 2. The van der Waals surface area contributed by atoms with Crippen molar-refractivity contribution < 1.29 is 18.4 Å². The van der Waals surface area contributed by atoms with Crippen LogP contribution >= 0.6 is 57.7 Å². The predicted octanol–water partition coefficient (Wildman–Crippen LogP) is 13.6. The second-order valence-electron chi connectivity index (χ2n) is 13.2. The zero-order valence-electron chi connectivity index (χ0n) is 30.8. The number of benzene rings is 6. The zero-order valence-corrected chi connectivity index (χ0v) is 34.6. The van der Waals surface area contributed by atoms with Gasteiger partial charge in [-0.25, -0.2) is 15.0 Å². The number of hydrogen-bond donors (Lipinski definition) is 2. The maximum atomic E-state index is 12.8. The van der Waals surface area contributed by atoms with E-state index in [-0.39, 0.29) is 11.8 Å². The molecule has 3 aromatic heterocycles. The van der Waals surface area contributed by atoms with E-state index in [0.717, 1.165) is 26.5 Å². The number of anilines is 2. The summed E-state index contributed by atoms with van der Waals surface area (Å²) in [5.41, 5.74) is 8.76. The number of rotatable bonds is 6. The molecular weight excluding hydrogens is 836 g/mol. The van der Waals surface area contributed by atoms with Crippen LogP contribution in [0, 0.1) is 20.8 Å². The average Bonchev–Trinajstić information content (AvgIpc) is 3.91. The standard InChI is InChI=1S/C22H13Cl2N3O2S.C22H16Cl2N2O2/c1-11-25-17-10-13(6-8-19(17)30-11)26-21(28)12-5-7-18-16(9-12)27-22(29-18)20-14(23)3-2-4-15(20)24;1-12-6-8-15(10-13(12)2)25-21(27)14-7-9-19-18(11-14)26-22(28-19)20-16(23)4-3-5-17(20)24/h2-10H,1H3,(H,26,28);3-11H,1-2H3,(H,25,27). The number of aryl methyl sites for hydroxylation is 3. The van der Waals surface area contributed by atoms with Crippen LogP contribution in [0.4, 0.5) is 11.4 Å². The molecule has 14 heteroatoms. The highest BCUT2D eigenvalue weighted by molar-refractivity contribution is 7.18. The molecular formula is C44H29Cl4N5O4S. The number of hydrogen-bond acceptors (Lipinski definition) is 8. The van der Waals surface area contributed by atoms with Crippen LogP contribution in [0.1, 0.15) is 36.9 Å². The van der Waals surface area contributed by atoms with Crippen molar-refractivity contribution in [1.82, 2.24) is 15.0 Å². The Hall–Kier alpha value is -5.75. The molecule has 0 saturated heterocycles. The number of fused-ring (bicyclic) bond motifs is 3. The van der Waals surface area contributed by atoms with Gasteiger partial charge in [0.25, 0.3) is 11.8 Å². The van der Waals surface area contributed by atoms with Gasteiger partial charge < -0.3 is 19.5 Å². The number of nitrogens with zero attached hydrogens (tertiary/aromatic N) is 3. The van der Waals surface area contributed by atoms with Gasteiger partial charge in [-0.3, -0.25) is 9.59 Å². The zero-order chi connectivity index (χ0) is 40.7. The highest BCUT2D eigenvalue weighted by Crippen LogP contribution is 2.37. The van der Waals surface area contributed by atoms with Gasteiger partial charge in [0.1, 0.15) is 11.0 Å². The van der Waals surface area contributed by atoms with Gasteiger partial charge in [-0.2, -0.15) is 0 Å². The summed E-state index contributed by atoms with van der Waals surface area (Å²) >= 11 is 26.6. The largest absolute Gasteiger partial charge is 0.436 e. The molecule has 2 amide bonds. The van der Waals surface area contributed by atoms with E-state index in [1.165, 1.54) is 5.56 Å². The van der Waals surface area contributed by atoms with Crippen LogP contribution in [0.3, 0.4) is 0 Å². The summed E-state index contributed by atoms with van der Waals surface area (Å²) in [5, 5.41) is 8.59. The number of halogens is 4.